The van der Waals surface area contributed by atoms with E-state index in [1.165, 1.54) is 0 Å². The van der Waals surface area contributed by atoms with Crippen LogP contribution in [0.2, 0.25) is 5.02 Å². The molecule has 0 aliphatic carbocycles. The molecule has 134 valence electrons. The lowest BCUT2D eigenvalue weighted by Crippen LogP contribution is -2.38. The molecular formula is C18H24ClN5O. The monoisotopic (exact) mass is 361 g/mol. The quantitative estimate of drug-likeness (QED) is 0.859. The second kappa shape index (κ2) is 7.97. The van der Waals surface area contributed by atoms with Crippen LogP contribution < -0.4 is 10.6 Å². The third kappa shape index (κ3) is 4.19. The van der Waals surface area contributed by atoms with Gasteiger partial charge in [0.1, 0.15) is 5.82 Å². The topological polar surface area (TPSA) is 71.8 Å². The van der Waals surface area contributed by atoms with Crippen LogP contribution >= 0.6 is 11.6 Å². The largest absolute Gasteiger partial charge is 0.349 e. The zero-order valence-electron chi connectivity index (χ0n) is 14.6. The maximum atomic E-state index is 12.5. The Morgan fingerprint density at radius 3 is 2.92 bits per heavy atom. The van der Waals surface area contributed by atoms with Gasteiger partial charge in [-0.25, -0.2) is 9.67 Å². The number of hydrogen-bond acceptors (Lipinski definition) is 4. The first-order chi connectivity index (χ1) is 12.1. The molecule has 2 N–H and O–H groups in total. The molecule has 7 heteroatoms. The van der Waals surface area contributed by atoms with E-state index in [1.807, 2.05) is 32.0 Å². The number of carbonyl (C=O) groups is 1. The summed E-state index contributed by atoms with van der Waals surface area (Å²) in [6.07, 6.45) is 2.28. The van der Waals surface area contributed by atoms with Crippen molar-refractivity contribution in [1.29, 1.82) is 0 Å². The van der Waals surface area contributed by atoms with Crippen LogP contribution in [0.3, 0.4) is 0 Å². The molecule has 0 bridgehead atoms. The molecule has 1 aromatic heterocycles. The number of carbonyl (C=O) groups excluding carboxylic acids is 1. The van der Waals surface area contributed by atoms with E-state index >= 15 is 0 Å². The summed E-state index contributed by atoms with van der Waals surface area (Å²) in [7, 11) is 0. The van der Waals surface area contributed by atoms with Crippen molar-refractivity contribution >= 4 is 17.5 Å². The highest BCUT2D eigenvalue weighted by molar-refractivity contribution is 6.32. The van der Waals surface area contributed by atoms with Gasteiger partial charge in [0, 0.05) is 12.5 Å². The molecule has 0 radical (unpaired) electrons. The van der Waals surface area contributed by atoms with Crippen LogP contribution in [-0.4, -0.2) is 40.3 Å². The van der Waals surface area contributed by atoms with Crippen LogP contribution in [0.15, 0.2) is 24.3 Å². The fraction of sp³-hybridized carbons (Fsp3) is 0.500. The number of halogens is 1. The Hall–Kier alpha value is -1.92. The highest BCUT2D eigenvalue weighted by Gasteiger charge is 2.21. The normalized spacial score (nSPS) is 17.7. The Morgan fingerprint density at radius 2 is 2.24 bits per heavy atom. The van der Waals surface area contributed by atoms with E-state index in [0.717, 1.165) is 37.4 Å². The summed E-state index contributed by atoms with van der Waals surface area (Å²) in [5.41, 5.74) is 0.732. The lowest BCUT2D eigenvalue weighted by atomic mass is 10.00. The van der Waals surface area contributed by atoms with Gasteiger partial charge in [0.2, 0.25) is 5.82 Å². The number of para-hydroxylation sites is 1. The number of benzene rings is 1. The van der Waals surface area contributed by atoms with E-state index in [0.29, 0.717) is 17.5 Å². The molecule has 1 atom stereocenters. The van der Waals surface area contributed by atoms with Crippen molar-refractivity contribution in [2.24, 2.45) is 5.92 Å². The zero-order valence-corrected chi connectivity index (χ0v) is 15.4. The Balaban J connectivity index is 1.79. The smallest absolute Gasteiger partial charge is 0.290 e. The number of aromatic nitrogens is 3. The standard InChI is InChI=1S/C18H24ClN5O/c1-12(2)17-22-16(18(25)21-11-13-6-5-9-20-10-13)23-24(17)15-8-4-3-7-14(15)19/h3-4,7-8,12-13,20H,5-6,9-11H2,1-2H3,(H,21,25). The van der Waals surface area contributed by atoms with E-state index < -0.39 is 0 Å². The first-order valence-electron chi connectivity index (χ1n) is 8.77. The molecule has 2 heterocycles. The van der Waals surface area contributed by atoms with Crippen LogP contribution in [0.1, 0.15) is 49.1 Å². The van der Waals surface area contributed by atoms with E-state index in [4.69, 9.17) is 11.6 Å². The number of nitrogens with one attached hydrogen (secondary N) is 2. The van der Waals surface area contributed by atoms with Crippen molar-refractivity contribution < 1.29 is 4.79 Å². The molecule has 1 aliphatic heterocycles. The molecule has 25 heavy (non-hydrogen) atoms. The van der Waals surface area contributed by atoms with Gasteiger partial charge in [-0.15, -0.1) is 5.10 Å². The molecule has 2 aromatic rings. The number of rotatable bonds is 5. The van der Waals surface area contributed by atoms with Crippen molar-refractivity contribution in [2.45, 2.75) is 32.6 Å². The molecule has 1 fully saturated rings. The number of hydrogen-bond donors (Lipinski definition) is 2. The van der Waals surface area contributed by atoms with Crippen LogP contribution in [-0.2, 0) is 0 Å². The van der Waals surface area contributed by atoms with Crippen molar-refractivity contribution in [3.05, 3.63) is 40.9 Å². The molecule has 0 spiro atoms. The number of piperidine rings is 1. The van der Waals surface area contributed by atoms with Gasteiger partial charge in [-0.05, 0) is 44.0 Å². The van der Waals surface area contributed by atoms with Gasteiger partial charge in [0.25, 0.3) is 5.91 Å². The van der Waals surface area contributed by atoms with E-state index in [2.05, 4.69) is 20.7 Å². The van der Waals surface area contributed by atoms with Gasteiger partial charge in [0.05, 0.1) is 10.7 Å². The minimum atomic E-state index is -0.238. The summed E-state index contributed by atoms with van der Waals surface area (Å²) in [5.74, 6) is 1.25. The fourth-order valence-electron chi connectivity index (χ4n) is 3.01. The van der Waals surface area contributed by atoms with Crippen LogP contribution in [0.25, 0.3) is 5.69 Å². The minimum Gasteiger partial charge on any atom is -0.349 e. The molecular weight excluding hydrogens is 338 g/mol. The summed E-state index contributed by atoms with van der Waals surface area (Å²) >= 11 is 6.29. The van der Waals surface area contributed by atoms with E-state index in [9.17, 15) is 4.79 Å². The minimum absolute atomic E-state index is 0.118. The van der Waals surface area contributed by atoms with Gasteiger partial charge < -0.3 is 10.6 Å². The second-order valence-corrected chi connectivity index (χ2v) is 7.14. The molecule has 1 aliphatic rings. The van der Waals surface area contributed by atoms with Crippen LogP contribution in [0.5, 0.6) is 0 Å². The Morgan fingerprint density at radius 1 is 1.44 bits per heavy atom. The van der Waals surface area contributed by atoms with Gasteiger partial charge in [0.15, 0.2) is 0 Å². The van der Waals surface area contributed by atoms with Crippen molar-refractivity contribution in [1.82, 2.24) is 25.4 Å². The summed E-state index contributed by atoms with van der Waals surface area (Å²) in [6, 6.07) is 7.43. The molecule has 0 saturated carbocycles. The van der Waals surface area contributed by atoms with Gasteiger partial charge in [-0.2, -0.15) is 0 Å². The predicted octanol–water partition coefficient (Wildman–Crippen LogP) is 2.77. The average molecular weight is 362 g/mol. The second-order valence-electron chi connectivity index (χ2n) is 6.73. The molecule has 6 nitrogen and oxygen atoms in total. The van der Waals surface area contributed by atoms with E-state index in [-0.39, 0.29) is 17.6 Å². The molecule has 1 amide bonds. The number of amides is 1. The zero-order chi connectivity index (χ0) is 17.8. The predicted molar refractivity (Wildman–Crippen MR) is 98.4 cm³/mol. The summed E-state index contributed by atoms with van der Waals surface area (Å²) in [5, 5.41) is 11.3. The third-order valence-electron chi connectivity index (χ3n) is 4.38. The SMILES string of the molecule is CC(C)c1nc(C(=O)NCC2CCCNC2)nn1-c1ccccc1Cl. The van der Waals surface area contributed by atoms with E-state index in [1.54, 1.807) is 10.7 Å². The van der Waals surface area contributed by atoms with Gasteiger partial charge in [-0.1, -0.05) is 37.6 Å². The molecule has 1 unspecified atom stereocenters. The van der Waals surface area contributed by atoms with Gasteiger partial charge >= 0.3 is 0 Å². The maximum absolute atomic E-state index is 12.5. The van der Waals surface area contributed by atoms with Crippen molar-refractivity contribution in [3.63, 3.8) is 0 Å². The van der Waals surface area contributed by atoms with Crippen molar-refractivity contribution in [2.75, 3.05) is 19.6 Å². The first kappa shape index (κ1) is 17.9. The molecule has 1 aromatic carbocycles. The van der Waals surface area contributed by atoms with Gasteiger partial charge in [-0.3, -0.25) is 4.79 Å². The summed E-state index contributed by atoms with van der Waals surface area (Å²) < 4.78 is 1.67. The fourth-order valence-corrected chi connectivity index (χ4v) is 3.22. The number of nitrogens with zero attached hydrogens (tertiary/aromatic N) is 3. The lowest BCUT2D eigenvalue weighted by molar-refractivity contribution is 0.0934. The maximum Gasteiger partial charge on any atom is 0.290 e. The Bertz CT molecular complexity index is 737. The Labute approximate surface area is 153 Å². The lowest BCUT2D eigenvalue weighted by Gasteiger charge is -2.22. The highest BCUT2D eigenvalue weighted by atomic mass is 35.5. The third-order valence-corrected chi connectivity index (χ3v) is 4.70. The van der Waals surface area contributed by atoms with Crippen LogP contribution in [0.4, 0.5) is 0 Å². The Kier molecular flexibility index (Phi) is 5.71. The summed E-state index contributed by atoms with van der Waals surface area (Å²) in [4.78, 5) is 16.9. The molecule has 1 saturated heterocycles. The summed E-state index contributed by atoms with van der Waals surface area (Å²) in [6.45, 7) is 6.69. The highest BCUT2D eigenvalue weighted by Crippen LogP contribution is 2.23. The molecule has 3 rings (SSSR count). The van der Waals surface area contributed by atoms with Crippen LogP contribution in [0, 0.1) is 5.92 Å². The first-order valence-corrected chi connectivity index (χ1v) is 9.15. The average Bonchev–Trinajstić information content (AvgIpc) is 3.06. The van der Waals surface area contributed by atoms with Crippen molar-refractivity contribution in [3.8, 4) is 5.69 Å².